The van der Waals surface area contributed by atoms with Gasteiger partial charge in [0.25, 0.3) is 0 Å². The predicted octanol–water partition coefficient (Wildman–Crippen LogP) is 4.63. The number of halogens is 1. The highest BCUT2D eigenvalue weighted by Crippen LogP contribution is 2.34. The summed E-state index contributed by atoms with van der Waals surface area (Å²) in [7, 11) is 0. The van der Waals surface area contributed by atoms with E-state index in [4.69, 9.17) is 4.98 Å². The number of carbonyl (C=O) groups excluding carboxylic acids is 1. The van der Waals surface area contributed by atoms with E-state index >= 15 is 0 Å². The molecule has 2 aliphatic rings. The van der Waals surface area contributed by atoms with Crippen LogP contribution in [0, 0.1) is 5.92 Å². The number of likely N-dealkylation sites (tertiary alicyclic amines) is 1. The fraction of sp³-hybridized carbons (Fsp3) is 0.591. The van der Waals surface area contributed by atoms with E-state index in [0.29, 0.717) is 19.0 Å². The average molecular weight is 400 g/mol. The molecular formula is C22H30FN5O. The monoisotopic (exact) mass is 399 g/mol. The van der Waals surface area contributed by atoms with Crippen LogP contribution in [0.3, 0.4) is 0 Å². The van der Waals surface area contributed by atoms with E-state index in [9.17, 15) is 9.18 Å². The number of aryl methyl sites for hydroxylation is 1. The second kappa shape index (κ2) is 8.93. The summed E-state index contributed by atoms with van der Waals surface area (Å²) < 4.78 is 13.7. The van der Waals surface area contributed by atoms with Gasteiger partial charge in [-0.1, -0.05) is 38.3 Å². The van der Waals surface area contributed by atoms with Gasteiger partial charge in [0.2, 0.25) is 0 Å². The van der Waals surface area contributed by atoms with Crippen molar-refractivity contribution in [3.8, 4) is 0 Å². The summed E-state index contributed by atoms with van der Waals surface area (Å²) in [6, 6.07) is 7.64. The predicted molar refractivity (Wildman–Crippen MR) is 111 cm³/mol. The number of H-pyrrole nitrogens is 1. The van der Waals surface area contributed by atoms with Gasteiger partial charge >= 0.3 is 6.03 Å². The Hall–Kier alpha value is -2.44. The lowest BCUT2D eigenvalue weighted by molar-refractivity contribution is 0.219. The Morgan fingerprint density at radius 3 is 2.86 bits per heavy atom. The van der Waals surface area contributed by atoms with Gasteiger partial charge in [-0.25, -0.2) is 9.78 Å². The standard InChI is InChI=1S/C22H30FN5O/c1-2-15-7-6-10-18(11-15)24-22(29)28-13-17(12-23)19(14-28)21-25-20(26-27-21)16-8-4-3-5-9-16/h6-7,10-11,16-17,19H,2-5,8-9,12-14H2,1H3,(H,24,29)(H,25,26,27)/t17-,19-/m1/s1. The largest absolute Gasteiger partial charge is 0.323 e. The van der Waals surface area contributed by atoms with Crippen molar-refractivity contribution < 1.29 is 9.18 Å². The summed E-state index contributed by atoms with van der Waals surface area (Å²) in [6.45, 7) is 2.45. The van der Waals surface area contributed by atoms with Gasteiger partial charge in [-0.3, -0.25) is 9.49 Å². The zero-order valence-corrected chi connectivity index (χ0v) is 17.0. The van der Waals surface area contributed by atoms with Gasteiger partial charge in [0.05, 0.1) is 6.67 Å². The molecule has 0 spiro atoms. The smallest absolute Gasteiger partial charge is 0.321 e. The number of benzene rings is 1. The summed E-state index contributed by atoms with van der Waals surface area (Å²) in [4.78, 5) is 19.2. The summed E-state index contributed by atoms with van der Waals surface area (Å²) >= 11 is 0. The highest BCUT2D eigenvalue weighted by molar-refractivity contribution is 5.89. The minimum absolute atomic E-state index is 0.141. The molecule has 0 unspecified atom stereocenters. The van der Waals surface area contributed by atoms with Crippen LogP contribution in [0.4, 0.5) is 14.9 Å². The molecule has 2 heterocycles. The maximum absolute atomic E-state index is 13.7. The molecule has 2 aromatic rings. The first-order valence-corrected chi connectivity index (χ1v) is 10.8. The molecule has 1 saturated carbocycles. The number of amides is 2. The van der Waals surface area contributed by atoms with Crippen molar-refractivity contribution in [1.29, 1.82) is 0 Å². The maximum Gasteiger partial charge on any atom is 0.321 e. The molecule has 7 heteroatoms. The third kappa shape index (κ3) is 4.43. The third-order valence-electron chi connectivity index (χ3n) is 6.35. The Morgan fingerprint density at radius 2 is 2.10 bits per heavy atom. The first-order chi connectivity index (χ1) is 14.2. The number of anilines is 1. The van der Waals surface area contributed by atoms with Crippen molar-refractivity contribution >= 4 is 11.7 Å². The fourth-order valence-electron chi connectivity index (χ4n) is 4.57. The van der Waals surface area contributed by atoms with Gasteiger partial charge in [0, 0.05) is 36.5 Å². The molecule has 2 amide bonds. The van der Waals surface area contributed by atoms with Crippen molar-refractivity contribution in [3.05, 3.63) is 41.5 Å². The van der Waals surface area contributed by atoms with Crippen LogP contribution in [0.5, 0.6) is 0 Å². The zero-order valence-electron chi connectivity index (χ0n) is 17.0. The van der Waals surface area contributed by atoms with Crippen LogP contribution in [0.1, 0.15) is 68.1 Å². The van der Waals surface area contributed by atoms with E-state index in [-0.39, 0.29) is 17.9 Å². The number of aromatic nitrogens is 3. The van der Waals surface area contributed by atoms with Crippen LogP contribution >= 0.6 is 0 Å². The molecule has 0 radical (unpaired) electrons. The van der Waals surface area contributed by atoms with Gasteiger partial charge in [-0.2, -0.15) is 5.10 Å². The van der Waals surface area contributed by atoms with Crippen LogP contribution in [-0.2, 0) is 6.42 Å². The van der Waals surface area contributed by atoms with E-state index in [1.807, 2.05) is 24.3 Å². The molecule has 156 valence electrons. The number of rotatable bonds is 5. The van der Waals surface area contributed by atoms with Crippen molar-refractivity contribution in [2.75, 3.05) is 25.1 Å². The number of hydrogen-bond acceptors (Lipinski definition) is 3. The minimum atomic E-state index is -0.473. The second-order valence-corrected chi connectivity index (χ2v) is 8.32. The highest BCUT2D eigenvalue weighted by Gasteiger charge is 2.38. The normalized spacial score (nSPS) is 22.8. The molecule has 1 aliphatic heterocycles. The lowest BCUT2D eigenvalue weighted by atomic mass is 9.89. The Bertz CT molecular complexity index is 832. The molecule has 1 aromatic carbocycles. The molecule has 4 rings (SSSR count). The first kappa shape index (κ1) is 19.9. The molecule has 0 bridgehead atoms. The molecule has 1 aromatic heterocycles. The van der Waals surface area contributed by atoms with Gasteiger partial charge in [0.15, 0.2) is 5.82 Å². The highest BCUT2D eigenvalue weighted by atomic mass is 19.1. The summed E-state index contributed by atoms with van der Waals surface area (Å²) in [6.07, 6.45) is 6.88. The van der Waals surface area contributed by atoms with Crippen molar-refractivity contribution in [2.24, 2.45) is 5.92 Å². The van der Waals surface area contributed by atoms with E-state index in [1.165, 1.54) is 24.8 Å². The Morgan fingerprint density at radius 1 is 1.28 bits per heavy atom. The van der Waals surface area contributed by atoms with E-state index in [2.05, 4.69) is 22.4 Å². The number of urea groups is 1. The number of aromatic amines is 1. The zero-order chi connectivity index (χ0) is 20.2. The van der Waals surface area contributed by atoms with Crippen LogP contribution < -0.4 is 5.32 Å². The molecule has 1 aliphatic carbocycles. The SMILES string of the molecule is CCc1cccc(NC(=O)N2C[C@@H](CF)[C@H](c3nc(C4CCCCC4)n[nH]3)C2)c1. The maximum atomic E-state index is 13.7. The lowest BCUT2D eigenvalue weighted by Gasteiger charge is -2.18. The van der Waals surface area contributed by atoms with Crippen LogP contribution in [0.2, 0.25) is 0 Å². The molecule has 29 heavy (non-hydrogen) atoms. The fourth-order valence-corrected chi connectivity index (χ4v) is 4.57. The summed E-state index contributed by atoms with van der Waals surface area (Å²) in [5.74, 6) is 1.59. The molecule has 1 saturated heterocycles. The first-order valence-electron chi connectivity index (χ1n) is 10.8. The van der Waals surface area contributed by atoms with Crippen molar-refractivity contribution in [1.82, 2.24) is 20.1 Å². The summed E-state index contributed by atoms with van der Waals surface area (Å²) in [5.41, 5.74) is 1.94. The topological polar surface area (TPSA) is 73.9 Å². The summed E-state index contributed by atoms with van der Waals surface area (Å²) in [5, 5.41) is 10.4. The Kier molecular flexibility index (Phi) is 6.11. The number of carbonyl (C=O) groups is 1. The quantitative estimate of drug-likeness (QED) is 0.770. The van der Waals surface area contributed by atoms with Gasteiger partial charge in [-0.15, -0.1) is 0 Å². The number of nitrogens with zero attached hydrogens (tertiary/aromatic N) is 3. The molecule has 2 atom stereocenters. The van der Waals surface area contributed by atoms with Gasteiger partial charge in [0.1, 0.15) is 5.82 Å². The molecular weight excluding hydrogens is 369 g/mol. The van der Waals surface area contributed by atoms with Gasteiger partial charge in [-0.05, 0) is 37.0 Å². The molecule has 2 N–H and O–H groups in total. The number of hydrogen-bond donors (Lipinski definition) is 2. The van der Waals surface area contributed by atoms with E-state index in [0.717, 1.165) is 36.6 Å². The number of nitrogens with one attached hydrogen (secondary N) is 2. The minimum Gasteiger partial charge on any atom is -0.323 e. The Labute approximate surface area is 171 Å². The molecule has 2 fully saturated rings. The van der Waals surface area contributed by atoms with Crippen LogP contribution in [-0.4, -0.2) is 45.9 Å². The second-order valence-electron chi connectivity index (χ2n) is 8.32. The number of alkyl halides is 1. The van der Waals surface area contributed by atoms with E-state index < -0.39 is 6.67 Å². The van der Waals surface area contributed by atoms with Crippen LogP contribution in [0.25, 0.3) is 0 Å². The molecule has 6 nitrogen and oxygen atoms in total. The van der Waals surface area contributed by atoms with Crippen molar-refractivity contribution in [2.45, 2.75) is 57.3 Å². The lowest BCUT2D eigenvalue weighted by Crippen LogP contribution is -2.33. The van der Waals surface area contributed by atoms with E-state index in [1.54, 1.807) is 4.90 Å². The Balaban J connectivity index is 1.43. The van der Waals surface area contributed by atoms with Crippen LogP contribution in [0.15, 0.2) is 24.3 Å². The average Bonchev–Trinajstić information content (AvgIpc) is 3.41. The third-order valence-corrected chi connectivity index (χ3v) is 6.35. The van der Waals surface area contributed by atoms with Gasteiger partial charge < -0.3 is 10.2 Å². The van der Waals surface area contributed by atoms with Crippen molar-refractivity contribution in [3.63, 3.8) is 0 Å².